The van der Waals surface area contributed by atoms with E-state index in [0.29, 0.717) is 47.0 Å². The van der Waals surface area contributed by atoms with Gasteiger partial charge in [-0.2, -0.15) is 0 Å². The van der Waals surface area contributed by atoms with E-state index >= 15 is 0 Å². The molecule has 1 aromatic heterocycles. The van der Waals surface area contributed by atoms with E-state index in [1.807, 2.05) is 11.9 Å². The van der Waals surface area contributed by atoms with Crippen LogP contribution in [0.25, 0.3) is 0 Å². The highest BCUT2D eigenvalue weighted by Gasteiger charge is 2.60. The van der Waals surface area contributed by atoms with Crippen molar-refractivity contribution in [2.45, 2.75) is 64.8 Å². The highest BCUT2D eigenvalue weighted by molar-refractivity contribution is 6.29. The molecule has 1 aromatic rings. The number of carbonyl (C=O) groups excluding carboxylic acids is 2. The third kappa shape index (κ3) is 3.39. The fourth-order valence-electron chi connectivity index (χ4n) is 8.10. The Labute approximate surface area is 196 Å². The van der Waals surface area contributed by atoms with Gasteiger partial charge in [-0.3, -0.25) is 9.59 Å². The largest absolute Gasteiger partial charge is 0.338 e. The molecule has 0 radical (unpaired) electrons. The summed E-state index contributed by atoms with van der Waals surface area (Å²) in [6, 6.07) is 3.80. The number of nitrogens with one attached hydrogen (secondary N) is 1. The van der Waals surface area contributed by atoms with Crippen molar-refractivity contribution in [3.8, 4) is 0 Å². The van der Waals surface area contributed by atoms with Crippen molar-refractivity contribution >= 4 is 29.1 Å². The Balaban J connectivity index is 1.31. The monoisotopic (exact) mass is 455 g/mol. The summed E-state index contributed by atoms with van der Waals surface area (Å²) in [6.07, 6.45) is 13.2. The summed E-state index contributed by atoms with van der Waals surface area (Å²) in [5, 5.41) is 3.41. The van der Waals surface area contributed by atoms with Gasteiger partial charge in [0.15, 0.2) is 0 Å². The molecule has 2 amide bonds. The molecule has 172 valence electrons. The zero-order chi connectivity index (χ0) is 22.7. The highest BCUT2D eigenvalue weighted by Crippen LogP contribution is 2.65. The number of carbonyl (C=O) groups is 2. The SMILES string of the molecule is CN1C(=O)C=C[C@]2(C)[C@H]3CC[C@]4(C)[C@@H](CC(=O)Nc5ccnc(Cl)c5)CC[C@H]4[C@@H]3CC[C@@H]12. The molecule has 6 heteroatoms. The van der Waals surface area contributed by atoms with Crippen molar-refractivity contribution in [1.82, 2.24) is 9.88 Å². The van der Waals surface area contributed by atoms with Crippen LogP contribution in [-0.2, 0) is 9.59 Å². The van der Waals surface area contributed by atoms with Crippen molar-refractivity contribution in [3.63, 3.8) is 0 Å². The van der Waals surface area contributed by atoms with E-state index in [4.69, 9.17) is 11.6 Å². The maximum Gasteiger partial charge on any atom is 0.246 e. The zero-order valence-corrected chi connectivity index (χ0v) is 20.1. The number of likely N-dealkylation sites (N-methyl/N-ethyl adjacent to an activating group) is 1. The molecule has 32 heavy (non-hydrogen) atoms. The van der Waals surface area contributed by atoms with Gasteiger partial charge in [0, 0.05) is 36.8 Å². The smallest absolute Gasteiger partial charge is 0.246 e. The van der Waals surface area contributed by atoms with Crippen molar-refractivity contribution in [2.24, 2.45) is 34.5 Å². The standard InChI is InChI=1S/C26H34ClN3O2/c1-25-11-8-20-18(5-7-21-26(20,2)12-9-24(32)30(21)3)19(25)6-4-16(25)14-23(31)29-17-10-13-28-22(27)15-17/h9-10,12-13,15-16,18-21H,4-8,11,14H2,1-3H3,(H,28,29,31)/t16-,18+,19+,20+,21-,25-,26-/m1/s1. The molecule has 3 fully saturated rings. The molecule has 0 aromatic carbocycles. The molecule has 0 bridgehead atoms. The van der Waals surface area contributed by atoms with Gasteiger partial charge in [-0.05, 0) is 85.8 Å². The van der Waals surface area contributed by atoms with Crippen LogP contribution in [0.3, 0.4) is 0 Å². The fourth-order valence-corrected chi connectivity index (χ4v) is 8.27. The number of halogens is 1. The van der Waals surface area contributed by atoms with Gasteiger partial charge in [0.25, 0.3) is 0 Å². The first kappa shape index (κ1) is 21.9. The van der Waals surface area contributed by atoms with Gasteiger partial charge in [0.1, 0.15) is 5.15 Å². The van der Waals surface area contributed by atoms with Crippen LogP contribution in [0.4, 0.5) is 5.69 Å². The Morgan fingerprint density at radius 2 is 2.03 bits per heavy atom. The molecule has 3 aliphatic carbocycles. The lowest BCUT2D eigenvalue weighted by Gasteiger charge is -2.60. The van der Waals surface area contributed by atoms with Crippen LogP contribution in [0, 0.1) is 34.5 Å². The first-order valence-electron chi connectivity index (χ1n) is 12.1. The topological polar surface area (TPSA) is 62.3 Å². The number of amides is 2. The molecule has 1 N–H and O–H groups in total. The average Bonchev–Trinajstić information content (AvgIpc) is 3.07. The quantitative estimate of drug-likeness (QED) is 0.627. The van der Waals surface area contributed by atoms with Crippen LogP contribution in [0.5, 0.6) is 0 Å². The molecule has 0 saturated heterocycles. The van der Waals surface area contributed by atoms with E-state index in [-0.39, 0.29) is 22.6 Å². The predicted molar refractivity (Wildman–Crippen MR) is 126 cm³/mol. The van der Waals surface area contributed by atoms with Crippen molar-refractivity contribution in [3.05, 3.63) is 35.6 Å². The lowest BCUT2D eigenvalue weighted by molar-refractivity contribution is -0.139. The van der Waals surface area contributed by atoms with Gasteiger partial charge in [-0.15, -0.1) is 0 Å². The first-order valence-corrected chi connectivity index (χ1v) is 12.5. The number of fused-ring (bicyclic) bond motifs is 5. The summed E-state index contributed by atoms with van der Waals surface area (Å²) in [5.74, 6) is 2.62. The molecule has 5 rings (SSSR count). The third-order valence-corrected chi connectivity index (χ3v) is 9.97. The Bertz CT molecular complexity index is 964. The van der Waals surface area contributed by atoms with Gasteiger partial charge in [-0.1, -0.05) is 31.5 Å². The number of hydrogen-bond acceptors (Lipinski definition) is 3. The zero-order valence-electron chi connectivity index (χ0n) is 19.3. The predicted octanol–water partition coefficient (Wildman–Crippen LogP) is 5.32. The summed E-state index contributed by atoms with van der Waals surface area (Å²) in [5.41, 5.74) is 1.01. The Hall–Kier alpha value is -1.88. The van der Waals surface area contributed by atoms with Gasteiger partial charge in [0.05, 0.1) is 0 Å². The molecule has 3 saturated carbocycles. The van der Waals surface area contributed by atoms with Crippen molar-refractivity contribution in [1.29, 1.82) is 0 Å². The minimum Gasteiger partial charge on any atom is -0.338 e. The summed E-state index contributed by atoms with van der Waals surface area (Å²) < 4.78 is 0. The Morgan fingerprint density at radius 1 is 1.22 bits per heavy atom. The molecule has 2 heterocycles. The van der Waals surface area contributed by atoms with Gasteiger partial charge in [0.2, 0.25) is 11.8 Å². The summed E-state index contributed by atoms with van der Waals surface area (Å²) in [7, 11) is 1.97. The van der Waals surface area contributed by atoms with E-state index in [1.54, 1.807) is 24.4 Å². The van der Waals surface area contributed by atoms with Crippen molar-refractivity contribution < 1.29 is 9.59 Å². The minimum absolute atomic E-state index is 0.0724. The second-order valence-electron chi connectivity index (χ2n) is 11.1. The van der Waals surface area contributed by atoms with Gasteiger partial charge in [-0.25, -0.2) is 4.98 Å². The number of pyridine rings is 1. The first-order chi connectivity index (χ1) is 15.2. The number of aromatic nitrogens is 1. The molecule has 4 aliphatic rings. The number of nitrogens with zero attached hydrogens (tertiary/aromatic N) is 2. The summed E-state index contributed by atoms with van der Waals surface area (Å²) in [6.45, 7) is 4.83. The van der Waals surface area contributed by atoms with E-state index in [9.17, 15) is 9.59 Å². The van der Waals surface area contributed by atoms with E-state index < -0.39 is 0 Å². The van der Waals surface area contributed by atoms with E-state index in [0.717, 1.165) is 12.8 Å². The molecule has 5 nitrogen and oxygen atoms in total. The van der Waals surface area contributed by atoms with E-state index in [2.05, 4.69) is 30.2 Å². The number of hydrogen-bond donors (Lipinski definition) is 1. The number of rotatable bonds is 3. The Kier molecular flexibility index (Phi) is 5.39. The fraction of sp³-hybridized carbons (Fsp3) is 0.654. The van der Waals surface area contributed by atoms with Crippen LogP contribution < -0.4 is 5.32 Å². The highest BCUT2D eigenvalue weighted by atomic mass is 35.5. The molecule has 0 spiro atoms. The second kappa shape index (κ2) is 7.86. The minimum atomic E-state index is 0.0724. The van der Waals surface area contributed by atoms with Gasteiger partial charge >= 0.3 is 0 Å². The van der Waals surface area contributed by atoms with E-state index in [1.165, 1.54) is 25.7 Å². The second-order valence-corrected chi connectivity index (χ2v) is 11.4. The maximum atomic E-state index is 12.9. The van der Waals surface area contributed by atoms with Crippen LogP contribution in [0.15, 0.2) is 30.5 Å². The summed E-state index contributed by atoms with van der Waals surface area (Å²) >= 11 is 5.96. The normalized spacial score (nSPS) is 40.4. The lowest BCUT2D eigenvalue weighted by atomic mass is 9.47. The molecular formula is C26H34ClN3O2. The third-order valence-electron chi connectivity index (χ3n) is 9.77. The molecule has 0 unspecified atom stereocenters. The lowest BCUT2D eigenvalue weighted by Crippen LogP contribution is -2.59. The Morgan fingerprint density at radius 3 is 2.81 bits per heavy atom. The molecular weight excluding hydrogens is 422 g/mol. The average molecular weight is 456 g/mol. The maximum absolute atomic E-state index is 12.9. The number of anilines is 1. The molecule has 7 atom stereocenters. The van der Waals surface area contributed by atoms with Crippen LogP contribution >= 0.6 is 11.6 Å². The van der Waals surface area contributed by atoms with Gasteiger partial charge < -0.3 is 10.2 Å². The van der Waals surface area contributed by atoms with Crippen LogP contribution in [0.2, 0.25) is 5.15 Å². The van der Waals surface area contributed by atoms with Crippen LogP contribution in [-0.4, -0.2) is 34.8 Å². The molecule has 1 aliphatic heterocycles. The summed E-state index contributed by atoms with van der Waals surface area (Å²) in [4.78, 5) is 31.1. The van der Waals surface area contributed by atoms with Crippen LogP contribution in [0.1, 0.15) is 58.8 Å². The van der Waals surface area contributed by atoms with Crippen molar-refractivity contribution in [2.75, 3.05) is 12.4 Å².